The van der Waals surface area contributed by atoms with Crippen LogP contribution in [0.15, 0.2) is 30.3 Å². The van der Waals surface area contributed by atoms with E-state index in [1.54, 1.807) is 5.56 Å². The Morgan fingerprint density at radius 3 is 1.85 bits per heavy atom. The first-order valence-corrected chi connectivity index (χ1v) is 12.7. The van der Waals surface area contributed by atoms with Crippen LogP contribution in [0.1, 0.15) is 110 Å². The summed E-state index contributed by atoms with van der Waals surface area (Å²) < 4.78 is 0.582. The number of hydrogen-bond donors (Lipinski definition) is 0. The first-order chi connectivity index (χ1) is 12.7. The van der Waals surface area contributed by atoms with Gasteiger partial charge in [0.1, 0.15) is 0 Å². The Bertz CT molecular complexity index is 417. The van der Waals surface area contributed by atoms with Crippen LogP contribution in [0.4, 0.5) is 0 Å². The molecule has 0 fully saturated rings. The Kier molecular flexibility index (Phi) is 13.5. The van der Waals surface area contributed by atoms with Crippen molar-refractivity contribution >= 4 is 16.9 Å². The van der Waals surface area contributed by atoms with Crippen LogP contribution in [0.25, 0.3) is 0 Å². The predicted molar refractivity (Wildman–Crippen MR) is 122 cm³/mol. The minimum absolute atomic E-state index is 0.582. The summed E-state index contributed by atoms with van der Waals surface area (Å²) in [5, 5.41) is 0. The second-order valence-electron chi connectivity index (χ2n) is 8.38. The van der Waals surface area contributed by atoms with Crippen molar-refractivity contribution in [2.24, 2.45) is 5.92 Å². The van der Waals surface area contributed by atoms with Crippen molar-refractivity contribution in [1.82, 2.24) is 0 Å². The number of rotatable bonds is 16. The van der Waals surface area contributed by atoms with Crippen molar-refractivity contribution in [2.45, 2.75) is 115 Å². The van der Waals surface area contributed by atoms with Crippen LogP contribution >= 0.6 is 0 Å². The monoisotopic (exact) mass is 420 g/mol. The van der Waals surface area contributed by atoms with E-state index in [2.05, 4.69) is 68.0 Å². The summed E-state index contributed by atoms with van der Waals surface area (Å²) in [5.74, 6) is 0.870. The maximum atomic E-state index is 2.35. The van der Waals surface area contributed by atoms with Gasteiger partial charge in [0.25, 0.3) is 0 Å². The first-order valence-electron chi connectivity index (χ1n) is 11.5. The van der Waals surface area contributed by atoms with Crippen LogP contribution in [0.2, 0.25) is 4.20 Å². The van der Waals surface area contributed by atoms with Crippen molar-refractivity contribution in [2.75, 3.05) is 0 Å². The van der Waals surface area contributed by atoms with Gasteiger partial charge in [0, 0.05) is 0 Å². The molecular formula is C25H45As. The van der Waals surface area contributed by atoms with Gasteiger partial charge >= 0.3 is 174 Å². The zero-order chi connectivity index (χ0) is 19.1. The molecule has 1 heteroatoms. The van der Waals surface area contributed by atoms with Crippen LogP contribution < -0.4 is 0 Å². The Balaban J connectivity index is 2.74. The minimum atomic E-state index is 0.582. The molecule has 0 amide bonds. The SMILES string of the molecule is CCCCCCCCC(Cc1ccccc1)C([AsH2])(CCCC)CCCC. The van der Waals surface area contributed by atoms with Crippen molar-refractivity contribution in [3.63, 3.8) is 0 Å². The van der Waals surface area contributed by atoms with Gasteiger partial charge in [0.15, 0.2) is 0 Å². The molecule has 0 saturated heterocycles. The standard InChI is InChI=1S/C25H45As/c1-4-7-10-11-12-16-19-24(22-23-17-14-13-15-18-23)25(26,20-8-5-2)21-9-6-3/h13-15,17-18,24H,4-12,16,19-22,26H2,1-3H3. The van der Waals surface area contributed by atoms with Gasteiger partial charge < -0.3 is 0 Å². The van der Waals surface area contributed by atoms with Crippen molar-refractivity contribution in [3.8, 4) is 0 Å². The van der Waals surface area contributed by atoms with Crippen molar-refractivity contribution < 1.29 is 0 Å². The Hall–Kier alpha value is -0.222. The molecule has 1 aromatic rings. The van der Waals surface area contributed by atoms with E-state index in [0.29, 0.717) is 4.20 Å². The van der Waals surface area contributed by atoms with E-state index in [-0.39, 0.29) is 0 Å². The van der Waals surface area contributed by atoms with Crippen LogP contribution in [-0.2, 0) is 6.42 Å². The van der Waals surface area contributed by atoms with Crippen molar-refractivity contribution in [1.29, 1.82) is 0 Å². The second kappa shape index (κ2) is 14.8. The van der Waals surface area contributed by atoms with E-state index < -0.39 is 0 Å². The molecule has 1 rings (SSSR count). The van der Waals surface area contributed by atoms with Gasteiger partial charge in [-0.1, -0.05) is 0 Å². The van der Waals surface area contributed by atoms with Gasteiger partial charge in [0.05, 0.1) is 0 Å². The molecule has 150 valence electrons. The number of hydrogen-bond acceptors (Lipinski definition) is 0. The van der Waals surface area contributed by atoms with Crippen LogP contribution in [0, 0.1) is 5.92 Å². The van der Waals surface area contributed by atoms with Gasteiger partial charge in [-0.15, -0.1) is 0 Å². The molecule has 2 atom stereocenters. The summed E-state index contributed by atoms with van der Waals surface area (Å²) in [6.45, 7) is 7.02. The van der Waals surface area contributed by atoms with Gasteiger partial charge in [-0.3, -0.25) is 0 Å². The molecule has 0 heterocycles. The van der Waals surface area contributed by atoms with E-state index in [1.165, 1.54) is 89.9 Å². The van der Waals surface area contributed by atoms with Crippen LogP contribution in [-0.4, -0.2) is 16.9 Å². The number of unbranched alkanes of at least 4 members (excludes halogenated alkanes) is 7. The third-order valence-corrected chi connectivity index (χ3v) is 8.24. The average Bonchev–Trinajstić information content (AvgIpc) is 2.67. The summed E-state index contributed by atoms with van der Waals surface area (Å²) in [7, 11) is 0. The molecule has 1 aromatic carbocycles. The molecule has 0 spiro atoms. The predicted octanol–water partition coefficient (Wildman–Crippen LogP) is 7.77. The molecule has 0 aliphatic rings. The quantitative estimate of drug-likeness (QED) is 0.189. The molecule has 0 nitrogen and oxygen atoms in total. The fraction of sp³-hybridized carbons (Fsp3) is 0.760. The normalized spacial score (nSPS) is 13.1. The summed E-state index contributed by atoms with van der Waals surface area (Å²) in [6.07, 6.45) is 19.6. The molecule has 0 radical (unpaired) electrons. The zero-order valence-corrected chi connectivity index (χ0v) is 20.4. The van der Waals surface area contributed by atoms with Crippen LogP contribution in [0.5, 0.6) is 0 Å². The van der Waals surface area contributed by atoms with E-state index in [9.17, 15) is 0 Å². The Morgan fingerprint density at radius 1 is 0.731 bits per heavy atom. The Labute approximate surface area is 173 Å². The average molecular weight is 421 g/mol. The molecule has 0 saturated carbocycles. The second-order valence-corrected chi connectivity index (χ2v) is 10.8. The third kappa shape index (κ3) is 9.64. The van der Waals surface area contributed by atoms with Gasteiger partial charge in [-0.2, -0.15) is 0 Å². The molecular weight excluding hydrogens is 375 g/mol. The first kappa shape index (κ1) is 23.8. The molecule has 26 heavy (non-hydrogen) atoms. The molecule has 0 N–H and O–H groups in total. The fourth-order valence-corrected chi connectivity index (χ4v) is 5.66. The van der Waals surface area contributed by atoms with Gasteiger partial charge in [-0.25, -0.2) is 0 Å². The van der Waals surface area contributed by atoms with E-state index in [0.717, 1.165) is 5.92 Å². The third-order valence-electron chi connectivity index (χ3n) is 6.04. The summed E-state index contributed by atoms with van der Waals surface area (Å²) in [6, 6.07) is 11.3. The summed E-state index contributed by atoms with van der Waals surface area (Å²) >= 11 is 2.05. The molecule has 0 aliphatic heterocycles. The zero-order valence-electron chi connectivity index (χ0n) is 17.9. The van der Waals surface area contributed by atoms with E-state index in [4.69, 9.17) is 0 Å². The molecule has 0 bridgehead atoms. The van der Waals surface area contributed by atoms with Crippen LogP contribution in [0.3, 0.4) is 0 Å². The number of benzene rings is 1. The van der Waals surface area contributed by atoms with Gasteiger partial charge in [0.2, 0.25) is 0 Å². The fourth-order valence-electron chi connectivity index (χ4n) is 4.21. The van der Waals surface area contributed by atoms with Crippen molar-refractivity contribution in [3.05, 3.63) is 35.9 Å². The molecule has 0 aliphatic carbocycles. The molecule has 0 aromatic heterocycles. The van der Waals surface area contributed by atoms with Gasteiger partial charge in [-0.05, 0) is 0 Å². The van der Waals surface area contributed by atoms with E-state index in [1.807, 2.05) is 0 Å². The maximum absolute atomic E-state index is 2.35. The summed E-state index contributed by atoms with van der Waals surface area (Å²) in [4.78, 5) is 0. The summed E-state index contributed by atoms with van der Waals surface area (Å²) in [5.41, 5.74) is 1.55. The topological polar surface area (TPSA) is 0 Å². The van der Waals surface area contributed by atoms with E-state index >= 15 is 0 Å². The molecule has 2 unspecified atom stereocenters. The Morgan fingerprint density at radius 2 is 1.27 bits per heavy atom.